The minimum atomic E-state index is -2.43. The van der Waals surface area contributed by atoms with Crippen molar-refractivity contribution >= 4 is 35.2 Å². The molecule has 3 fully saturated rings. The number of carbonyl (C=O) groups excluding carboxylic acids is 4. The van der Waals surface area contributed by atoms with Crippen LogP contribution in [-0.2, 0) is 42.9 Å². The summed E-state index contributed by atoms with van der Waals surface area (Å²) in [6.45, 7) is 8.02. The number of aliphatic hydroxyl groups is 2. The molecule has 0 unspecified atom stereocenters. The highest BCUT2D eigenvalue weighted by molar-refractivity contribution is 7.99. The minimum Gasteiger partial charge on any atom is -0.456 e. The number of ether oxygens (including phenoxy) is 5. The van der Waals surface area contributed by atoms with Crippen molar-refractivity contribution < 1.29 is 53.1 Å². The van der Waals surface area contributed by atoms with E-state index in [1.165, 1.54) is 4.90 Å². The highest BCUT2D eigenvalue weighted by Gasteiger charge is 2.55. The summed E-state index contributed by atoms with van der Waals surface area (Å²) in [6.07, 6.45) is 8.79. The van der Waals surface area contributed by atoms with Crippen LogP contribution in [0.5, 0.6) is 0 Å². The number of thioether (sulfide) groups is 1. The Bertz CT molecular complexity index is 1460. The maximum absolute atomic E-state index is 14.4. The number of piperidine rings is 1. The molecule has 1 saturated carbocycles. The lowest BCUT2D eigenvalue weighted by Crippen LogP contribution is -2.63. The predicted molar refractivity (Wildman–Crippen MR) is 227 cm³/mol. The molecular formula is C45H74N2O11S. The summed E-state index contributed by atoms with van der Waals surface area (Å²) in [5, 5.41) is 23.8. The van der Waals surface area contributed by atoms with Crippen LogP contribution in [0.3, 0.4) is 0 Å². The van der Waals surface area contributed by atoms with Crippen molar-refractivity contribution in [2.45, 2.75) is 166 Å². The molecule has 4 N–H and O–H groups in total. The number of hydrogen-bond acceptors (Lipinski definition) is 13. The van der Waals surface area contributed by atoms with Crippen molar-refractivity contribution in [2.75, 3.05) is 45.9 Å². The lowest BCUT2D eigenvalue weighted by atomic mass is 9.82. The van der Waals surface area contributed by atoms with Crippen molar-refractivity contribution in [3.63, 3.8) is 0 Å². The first-order valence-corrected chi connectivity index (χ1v) is 23.2. The molecule has 2 bridgehead atoms. The summed E-state index contributed by atoms with van der Waals surface area (Å²) >= 11 is 1.75. The zero-order valence-electron chi connectivity index (χ0n) is 36.7. The van der Waals surface area contributed by atoms with E-state index in [4.69, 9.17) is 29.4 Å². The molecule has 1 aliphatic carbocycles. The molecule has 0 spiro atoms. The Labute approximate surface area is 356 Å². The topological polar surface area (TPSA) is 184 Å². The summed E-state index contributed by atoms with van der Waals surface area (Å²) in [7, 11) is 4.90. The fourth-order valence-corrected chi connectivity index (χ4v) is 10.2. The molecular weight excluding hydrogens is 777 g/mol. The van der Waals surface area contributed by atoms with Crippen molar-refractivity contribution in [1.29, 1.82) is 0 Å². The Hall–Kier alpha value is -2.17. The first-order chi connectivity index (χ1) is 28.2. The van der Waals surface area contributed by atoms with Crippen LogP contribution in [-0.4, -0.2) is 133 Å². The second-order valence-corrected chi connectivity index (χ2v) is 18.8. The number of ketones is 2. The number of Topliss-reactive ketones (excluding diaryl/α,β-unsaturated/α-hetero) is 2. The predicted octanol–water partition coefficient (Wildman–Crippen LogP) is 5.32. The first kappa shape index (κ1) is 49.5. The Morgan fingerprint density at radius 3 is 2.41 bits per heavy atom. The number of hydrogen-bond donors (Lipinski definition) is 3. The van der Waals surface area contributed by atoms with Gasteiger partial charge in [0.25, 0.3) is 11.7 Å². The van der Waals surface area contributed by atoms with Crippen molar-refractivity contribution in [1.82, 2.24) is 4.90 Å². The highest BCUT2D eigenvalue weighted by atomic mass is 32.2. The van der Waals surface area contributed by atoms with Gasteiger partial charge in [0.05, 0.1) is 30.5 Å². The SMILES string of the molecule is CO[C@@H]1CC[C@H]2O[C@@](O)(C(=O)C(=O)N3CCCC[C@H]3C(=O)O[C@H](/C(C)=C/[C@@H]3CCC[C@H](OC)C3)[C@H](C)[C@@H](O)CC(=O)[C@H](CCCSCCN)/C=C(\C)C1)[C@H](C)C[C@@H]2OC. The van der Waals surface area contributed by atoms with Crippen LogP contribution < -0.4 is 5.73 Å². The number of cyclic esters (lactones) is 1. The second kappa shape index (κ2) is 23.9. The Balaban J connectivity index is 1.75. The smallest absolute Gasteiger partial charge is 0.329 e. The Morgan fingerprint density at radius 2 is 1.71 bits per heavy atom. The number of rotatable bonds is 11. The van der Waals surface area contributed by atoms with Crippen LogP contribution in [0.1, 0.15) is 118 Å². The van der Waals surface area contributed by atoms with Gasteiger partial charge in [-0.1, -0.05) is 38.0 Å². The molecule has 336 valence electrons. The second-order valence-electron chi connectivity index (χ2n) is 17.6. The number of nitrogens with two attached hydrogens (primary N) is 1. The van der Waals surface area contributed by atoms with Crippen molar-refractivity contribution in [3.8, 4) is 0 Å². The molecule has 13 nitrogen and oxygen atoms in total. The van der Waals surface area contributed by atoms with Gasteiger partial charge >= 0.3 is 5.97 Å². The molecule has 0 radical (unpaired) electrons. The first-order valence-electron chi connectivity index (χ1n) is 22.1. The molecule has 4 aliphatic rings. The third-order valence-corrected chi connectivity index (χ3v) is 14.3. The fourth-order valence-electron chi connectivity index (χ4n) is 9.49. The molecule has 59 heavy (non-hydrogen) atoms. The Morgan fingerprint density at radius 1 is 0.966 bits per heavy atom. The number of fused-ring (bicyclic) bond motifs is 3. The molecule has 3 heterocycles. The van der Waals surface area contributed by atoms with Crippen molar-refractivity contribution in [3.05, 3.63) is 23.3 Å². The van der Waals surface area contributed by atoms with E-state index >= 15 is 0 Å². The van der Waals surface area contributed by atoms with Gasteiger partial charge in [0.1, 0.15) is 17.9 Å². The minimum absolute atomic E-state index is 0.0937. The maximum atomic E-state index is 14.4. The lowest BCUT2D eigenvalue weighted by Gasteiger charge is -2.45. The number of methoxy groups -OCH3 is 3. The highest BCUT2D eigenvalue weighted by Crippen LogP contribution is 2.38. The van der Waals surface area contributed by atoms with E-state index in [0.29, 0.717) is 45.1 Å². The fraction of sp³-hybridized carbons (Fsp3) is 0.822. The largest absolute Gasteiger partial charge is 0.456 e. The van der Waals surface area contributed by atoms with E-state index in [9.17, 15) is 29.4 Å². The molecule has 4 rings (SSSR count). The molecule has 0 aromatic carbocycles. The molecule has 14 heteroatoms. The normalized spacial score (nSPS) is 37.5. The van der Waals surface area contributed by atoms with Crippen LogP contribution in [0, 0.1) is 23.7 Å². The summed E-state index contributed by atoms with van der Waals surface area (Å²) in [4.78, 5) is 58.1. The molecule has 0 aromatic rings. The van der Waals surface area contributed by atoms with Crippen LogP contribution in [0.2, 0.25) is 0 Å². The third-order valence-electron chi connectivity index (χ3n) is 13.2. The standard InChI is InChI=1S/C45H74N2O11S/c1-28-22-33(13-11-20-59-21-18-46)38(49)27-37(48)31(4)41(29(2)24-32-12-10-14-34(26-32)54-5)57-44(52)36-15-8-9-19-47(36)43(51)42(50)45(53)30(3)25-40(56-7)39(58-45)17-16-35(23-28)55-6/h22,24,30-37,39-41,48,53H,8-21,23,25-27,46H2,1-7H3/b28-22+,29-24+/t30-,31-,32+,33-,34+,35-,36+,37+,39-,40+,41-,45-/m1/s1. The van der Waals surface area contributed by atoms with E-state index in [2.05, 4.69) is 6.08 Å². The van der Waals surface area contributed by atoms with Gasteiger partial charge in [-0.25, -0.2) is 4.79 Å². The van der Waals surface area contributed by atoms with Gasteiger partial charge in [-0.15, -0.1) is 0 Å². The number of nitrogens with zero attached hydrogens (tertiary/aromatic N) is 1. The average molecular weight is 851 g/mol. The van der Waals surface area contributed by atoms with E-state index < -0.39 is 71.7 Å². The summed E-state index contributed by atoms with van der Waals surface area (Å²) in [5.74, 6) is -5.39. The van der Waals surface area contributed by atoms with Crippen LogP contribution in [0.25, 0.3) is 0 Å². The quantitative estimate of drug-likeness (QED) is 0.105. The van der Waals surface area contributed by atoms with Gasteiger partial charge in [-0.2, -0.15) is 11.8 Å². The maximum Gasteiger partial charge on any atom is 0.329 e. The number of carbonyl (C=O) groups is 4. The molecule has 2 saturated heterocycles. The monoisotopic (exact) mass is 851 g/mol. The average Bonchev–Trinajstić information content (AvgIpc) is 3.23. The molecule has 0 aromatic heterocycles. The summed E-state index contributed by atoms with van der Waals surface area (Å²) in [6, 6.07) is -1.09. The van der Waals surface area contributed by atoms with Crippen molar-refractivity contribution in [2.24, 2.45) is 29.4 Å². The number of amides is 1. The zero-order chi connectivity index (χ0) is 43.3. The van der Waals surface area contributed by atoms with Crippen LogP contribution in [0.15, 0.2) is 23.3 Å². The molecule has 3 aliphatic heterocycles. The summed E-state index contributed by atoms with van der Waals surface area (Å²) < 4.78 is 29.9. The lowest BCUT2D eigenvalue weighted by molar-refractivity contribution is -0.287. The number of aliphatic hydroxyl groups excluding tert-OH is 1. The van der Waals surface area contributed by atoms with E-state index in [1.807, 2.05) is 19.9 Å². The zero-order valence-corrected chi connectivity index (χ0v) is 37.6. The van der Waals surface area contributed by atoms with E-state index in [-0.39, 0.29) is 49.7 Å². The van der Waals surface area contributed by atoms with Gasteiger partial charge < -0.3 is 44.5 Å². The molecule has 12 atom stereocenters. The van der Waals surface area contributed by atoms with Gasteiger partial charge in [-0.3, -0.25) is 14.4 Å². The number of esters is 1. The van der Waals surface area contributed by atoms with E-state index in [0.717, 1.165) is 54.8 Å². The van der Waals surface area contributed by atoms with Crippen LogP contribution >= 0.6 is 11.8 Å². The van der Waals surface area contributed by atoms with E-state index in [1.54, 1.807) is 46.9 Å². The van der Waals surface area contributed by atoms with Gasteiger partial charge in [0.15, 0.2) is 0 Å². The van der Waals surface area contributed by atoms with Crippen LogP contribution in [0.4, 0.5) is 0 Å². The van der Waals surface area contributed by atoms with Gasteiger partial charge in [0.2, 0.25) is 5.79 Å². The van der Waals surface area contributed by atoms with Gasteiger partial charge in [0, 0.05) is 64.3 Å². The Kier molecular flexibility index (Phi) is 20.0. The summed E-state index contributed by atoms with van der Waals surface area (Å²) in [5.41, 5.74) is 7.42. The molecule has 1 amide bonds. The number of allylic oxidation sites excluding steroid dienone is 2. The third kappa shape index (κ3) is 13.4. The van der Waals surface area contributed by atoms with Gasteiger partial charge in [-0.05, 0) is 108 Å².